The van der Waals surface area contributed by atoms with Gasteiger partial charge in [0.1, 0.15) is 11.8 Å². The average molecular weight is 444 g/mol. The number of rotatable bonds is 5. The Labute approximate surface area is 180 Å². The Balaban J connectivity index is 1.90. The highest BCUT2D eigenvalue weighted by molar-refractivity contribution is 7.10. The Kier molecular flexibility index (Phi) is 5.48. The summed E-state index contributed by atoms with van der Waals surface area (Å²) in [6.07, 6.45) is 1.71. The van der Waals surface area contributed by atoms with Crippen LogP contribution in [0.5, 0.6) is 0 Å². The lowest BCUT2D eigenvalue weighted by Gasteiger charge is -2.23. The van der Waals surface area contributed by atoms with E-state index in [4.69, 9.17) is 9.15 Å². The lowest BCUT2D eigenvalue weighted by atomic mass is 10.0. The number of anilines is 1. The molecule has 0 unspecified atom stereocenters. The van der Waals surface area contributed by atoms with Crippen LogP contribution < -0.4 is 19.8 Å². The zero-order valence-corrected chi connectivity index (χ0v) is 18.7. The van der Waals surface area contributed by atoms with Gasteiger partial charge < -0.3 is 14.1 Å². The van der Waals surface area contributed by atoms with Gasteiger partial charge in [0, 0.05) is 31.1 Å². The smallest absolute Gasteiger partial charge is 0.338 e. The molecule has 0 N–H and O–H groups in total. The molecule has 156 valence electrons. The SMILES string of the molecule is CCOC(=O)C1=C(C)N=c2s/c(=C/c3ccc(N(C)C)o3)c(=O)n2[C@@H]1c1cccs1. The maximum atomic E-state index is 13.4. The second kappa shape index (κ2) is 8.08. The first kappa shape index (κ1) is 20.4. The molecule has 1 aliphatic heterocycles. The van der Waals surface area contributed by atoms with E-state index in [1.54, 1.807) is 24.5 Å². The van der Waals surface area contributed by atoms with Crippen LogP contribution >= 0.6 is 22.7 Å². The van der Waals surface area contributed by atoms with E-state index in [0.717, 1.165) is 4.88 Å². The number of carbonyl (C=O) groups is 1. The van der Waals surface area contributed by atoms with E-state index < -0.39 is 12.0 Å². The monoisotopic (exact) mass is 443 g/mol. The second-order valence-electron chi connectivity index (χ2n) is 6.89. The number of carbonyl (C=O) groups excluding carboxylic acids is 1. The Morgan fingerprint density at radius 1 is 1.37 bits per heavy atom. The Bertz CT molecular complexity index is 1290. The standard InChI is InChI=1S/C21H21N3O4S2/c1-5-27-20(26)17-12(2)22-21-24(18(17)14-7-6-10-29-14)19(25)15(30-21)11-13-8-9-16(28-13)23(3)4/h6-11,18H,5H2,1-4H3/b15-11+/t18-/m1/s1. The van der Waals surface area contributed by atoms with Crippen molar-refractivity contribution in [2.45, 2.75) is 19.9 Å². The van der Waals surface area contributed by atoms with Crippen LogP contribution in [0.1, 0.15) is 30.5 Å². The fraction of sp³-hybridized carbons (Fsp3) is 0.286. The van der Waals surface area contributed by atoms with E-state index in [1.165, 1.54) is 22.7 Å². The summed E-state index contributed by atoms with van der Waals surface area (Å²) in [6, 6.07) is 6.93. The van der Waals surface area contributed by atoms with E-state index >= 15 is 0 Å². The number of hydrogen-bond donors (Lipinski definition) is 0. The van der Waals surface area contributed by atoms with Gasteiger partial charge in [-0.25, -0.2) is 9.79 Å². The van der Waals surface area contributed by atoms with Crippen LogP contribution in [-0.2, 0) is 9.53 Å². The molecule has 0 fully saturated rings. The molecule has 4 heterocycles. The number of thiophene rings is 1. The number of hydrogen-bond acceptors (Lipinski definition) is 8. The van der Waals surface area contributed by atoms with Crippen molar-refractivity contribution in [3.63, 3.8) is 0 Å². The third kappa shape index (κ3) is 3.54. The molecule has 0 saturated heterocycles. The van der Waals surface area contributed by atoms with E-state index in [0.29, 0.717) is 32.2 Å². The third-order valence-electron chi connectivity index (χ3n) is 4.66. The predicted octanol–water partition coefficient (Wildman–Crippen LogP) is 2.52. The first-order chi connectivity index (χ1) is 14.4. The molecule has 1 aliphatic rings. The van der Waals surface area contributed by atoms with Crippen LogP contribution in [0.25, 0.3) is 6.08 Å². The lowest BCUT2D eigenvalue weighted by molar-refractivity contribution is -0.139. The molecule has 3 aromatic heterocycles. The minimum Gasteiger partial charge on any atom is -0.463 e. The van der Waals surface area contributed by atoms with Crippen molar-refractivity contribution in [3.05, 3.63) is 71.2 Å². The number of thiazole rings is 1. The summed E-state index contributed by atoms with van der Waals surface area (Å²) in [5, 5.41) is 1.93. The highest BCUT2D eigenvalue weighted by atomic mass is 32.1. The summed E-state index contributed by atoms with van der Waals surface area (Å²) in [6.45, 7) is 3.79. The Morgan fingerprint density at radius 3 is 2.80 bits per heavy atom. The number of allylic oxidation sites excluding steroid dienone is 1. The molecule has 0 aliphatic carbocycles. The van der Waals surface area contributed by atoms with Gasteiger partial charge in [-0.05, 0) is 31.4 Å². The molecular weight excluding hydrogens is 422 g/mol. The normalized spacial score (nSPS) is 16.4. The van der Waals surface area contributed by atoms with Gasteiger partial charge >= 0.3 is 5.97 Å². The molecule has 0 spiro atoms. The van der Waals surface area contributed by atoms with Crippen LogP contribution in [0.4, 0.5) is 5.88 Å². The highest BCUT2D eigenvalue weighted by Crippen LogP contribution is 2.33. The van der Waals surface area contributed by atoms with Crippen LogP contribution in [0, 0.1) is 0 Å². The van der Waals surface area contributed by atoms with Crippen molar-refractivity contribution in [1.29, 1.82) is 0 Å². The van der Waals surface area contributed by atoms with Gasteiger partial charge in [-0.1, -0.05) is 17.4 Å². The van der Waals surface area contributed by atoms with Gasteiger partial charge in [0.05, 0.1) is 22.4 Å². The molecule has 0 amide bonds. The summed E-state index contributed by atoms with van der Waals surface area (Å²) in [5.41, 5.74) is 0.743. The van der Waals surface area contributed by atoms with Crippen LogP contribution in [-0.4, -0.2) is 31.2 Å². The number of aromatic nitrogens is 1. The van der Waals surface area contributed by atoms with Crippen LogP contribution in [0.15, 0.2) is 55.1 Å². The van der Waals surface area contributed by atoms with Crippen molar-refractivity contribution < 1.29 is 13.9 Å². The molecule has 7 nitrogen and oxygen atoms in total. The number of furan rings is 1. The quantitative estimate of drug-likeness (QED) is 0.567. The molecule has 0 bridgehead atoms. The van der Waals surface area contributed by atoms with E-state index in [9.17, 15) is 9.59 Å². The molecule has 0 saturated carbocycles. The molecule has 3 aromatic rings. The zero-order chi connectivity index (χ0) is 21.4. The fourth-order valence-electron chi connectivity index (χ4n) is 3.30. The van der Waals surface area contributed by atoms with Gasteiger partial charge in [0.2, 0.25) is 0 Å². The first-order valence-corrected chi connectivity index (χ1v) is 11.1. The van der Waals surface area contributed by atoms with Gasteiger partial charge in [-0.15, -0.1) is 11.3 Å². The summed E-state index contributed by atoms with van der Waals surface area (Å²) in [5.74, 6) is 0.831. The molecule has 0 aromatic carbocycles. The van der Waals surface area contributed by atoms with Crippen LogP contribution in [0.3, 0.4) is 0 Å². The van der Waals surface area contributed by atoms with Crippen molar-refractivity contribution in [1.82, 2.24) is 4.57 Å². The summed E-state index contributed by atoms with van der Waals surface area (Å²) >= 11 is 2.77. The van der Waals surface area contributed by atoms with Crippen molar-refractivity contribution >= 4 is 40.6 Å². The minimum atomic E-state index is -0.559. The number of ether oxygens (including phenoxy) is 1. The molecule has 1 atom stereocenters. The number of nitrogens with zero attached hydrogens (tertiary/aromatic N) is 3. The maximum Gasteiger partial charge on any atom is 0.338 e. The minimum absolute atomic E-state index is 0.214. The third-order valence-corrected chi connectivity index (χ3v) is 6.56. The Hall–Kier alpha value is -2.91. The van der Waals surface area contributed by atoms with Crippen molar-refractivity contribution in [2.24, 2.45) is 4.99 Å². The van der Waals surface area contributed by atoms with Gasteiger partial charge in [-0.3, -0.25) is 9.36 Å². The van der Waals surface area contributed by atoms with Gasteiger partial charge in [0.25, 0.3) is 5.56 Å². The first-order valence-electron chi connectivity index (χ1n) is 9.41. The van der Waals surface area contributed by atoms with Crippen molar-refractivity contribution in [2.75, 3.05) is 25.6 Å². The van der Waals surface area contributed by atoms with Crippen LogP contribution in [0.2, 0.25) is 0 Å². The number of fused-ring (bicyclic) bond motifs is 1. The summed E-state index contributed by atoms with van der Waals surface area (Å²) in [4.78, 5) is 33.9. The number of esters is 1. The second-order valence-corrected chi connectivity index (χ2v) is 8.88. The fourth-order valence-corrected chi connectivity index (χ4v) is 5.15. The molecule has 30 heavy (non-hydrogen) atoms. The topological polar surface area (TPSA) is 77.0 Å². The molecule has 4 rings (SSSR count). The lowest BCUT2D eigenvalue weighted by Crippen LogP contribution is -2.39. The van der Waals surface area contributed by atoms with E-state index in [1.807, 2.05) is 48.6 Å². The van der Waals surface area contributed by atoms with Crippen molar-refractivity contribution in [3.8, 4) is 0 Å². The Morgan fingerprint density at radius 2 is 2.17 bits per heavy atom. The molecule has 9 heteroatoms. The average Bonchev–Trinajstić information content (AvgIpc) is 3.43. The highest BCUT2D eigenvalue weighted by Gasteiger charge is 2.33. The largest absolute Gasteiger partial charge is 0.463 e. The zero-order valence-electron chi connectivity index (χ0n) is 17.0. The summed E-state index contributed by atoms with van der Waals surface area (Å²) in [7, 11) is 3.77. The van der Waals surface area contributed by atoms with E-state index in [-0.39, 0.29) is 12.2 Å². The molecule has 0 radical (unpaired) electrons. The van der Waals surface area contributed by atoms with Gasteiger partial charge in [0.15, 0.2) is 10.7 Å². The maximum absolute atomic E-state index is 13.4. The molecular formula is C21H21N3O4S2. The van der Waals surface area contributed by atoms with E-state index in [2.05, 4.69) is 4.99 Å². The predicted molar refractivity (Wildman–Crippen MR) is 118 cm³/mol. The van der Waals surface area contributed by atoms with Gasteiger partial charge in [-0.2, -0.15) is 0 Å². The summed E-state index contributed by atoms with van der Waals surface area (Å²) < 4.78 is 13.1.